The molecule has 0 unspecified atom stereocenters. The van der Waals surface area contributed by atoms with Crippen LogP contribution in [0.2, 0.25) is 0 Å². The van der Waals surface area contributed by atoms with Gasteiger partial charge in [0.1, 0.15) is 10.7 Å². The average Bonchev–Trinajstić information content (AvgIpc) is 2.78. The molecule has 4 heteroatoms. The molecule has 2 aromatic heterocycles. The average molecular weight is 232 g/mol. The van der Waals surface area contributed by atoms with E-state index in [9.17, 15) is 4.79 Å². The first-order valence-electron chi connectivity index (χ1n) is 5.08. The van der Waals surface area contributed by atoms with Crippen molar-refractivity contribution in [1.82, 2.24) is 9.97 Å². The molecule has 0 aromatic carbocycles. The highest BCUT2D eigenvalue weighted by Gasteiger charge is 2.14. The zero-order chi connectivity index (χ0) is 11.5. The van der Waals surface area contributed by atoms with E-state index in [-0.39, 0.29) is 11.7 Å². The summed E-state index contributed by atoms with van der Waals surface area (Å²) in [6.45, 7) is 3.77. The van der Waals surface area contributed by atoms with Crippen molar-refractivity contribution in [2.45, 2.75) is 13.8 Å². The van der Waals surface area contributed by atoms with E-state index in [1.165, 1.54) is 11.3 Å². The van der Waals surface area contributed by atoms with Gasteiger partial charge in [0.15, 0.2) is 5.78 Å². The lowest BCUT2D eigenvalue weighted by molar-refractivity contribution is 0.0935. The molecule has 0 aliphatic rings. The number of carbonyl (C=O) groups is 1. The van der Waals surface area contributed by atoms with Crippen LogP contribution in [0.4, 0.5) is 0 Å². The SMILES string of the molecule is CC(C)C(=O)c1csc(-c2ccncc2)n1. The highest BCUT2D eigenvalue weighted by molar-refractivity contribution is 7.13. The van der Waals surface area contributed by atoms with E-state index in [1.807, 2.05) is 31.4 Å². The number of aromatic nitrogens is 2. The van der Waals surface area contributed by atoms with Crippen molar-refractivity contribution in [3.05, 3.63) is 35.6 Å². The minimum Gasteiger partial charge on any atom is -0.292 e. The molecular weight excluding hydrogens is 220 g/mol. The minimum atomic E-state index is -0.00705. The number of Topliss-reactive ketones (excluding diaryl/α,β-unsaturated/α-hetero) is 1. The van der Waals surface area contributed by atoms with Crippen molar-refractivity contribution in [2.75, 3.05) is 0 Å². The highest BCUT2D eigenvalue weighted by Crippen LogP contribution is 2.23. The lowest BCUT2D eigenvalue weighted by Gasteiger charge is -1.98. The first-order valence-corrected chi connectivity index (χ1v) is 5.96. The Morgan fingerprint density at radius 3 is 2.62 bits per heavy atom. The zero-order valence-electron chi connectivity index (χ0n) is 9.18. The normalized spacial score (nSPS) is 10.7. The summed E-state index contributed by atoms with van der Waals surface area (Å²) in [5, 5.41) is 2.68. The van der Waals surface area contributed by atoms with Crippen LogP contribution in [0.15, 0.2) is 29.9 Å². The lowest BCUT2D eigenvalue weighted by atomic mass is 10.1. The predicted molar refractivity (Wildman–Crippen MR) is 64.5 cm³/mol. The number of rotatable bonds is 3. The third-order valence-corrected chi connectivity index (χ3v) is 3.10. The third-order valence-electron chi connectivity index (χ3n) is 2.21. The summed E-state index contributed by atoms with van der Waals surface area (Å²) >= 11 is 1.49. The molecule has 3 nitrogen and oxygen atoms in total. The van der Waals surface area contributed by atoms with Gasteiger partial charge < -0.3 is 0 Å². The fraction of sp³-hybridized carbons (Fsp3) is 0.250. The fourth-order valence-electron chi connectivity index (χ4n) is 1.31. The summed E-state index contributed by atoms with van der Waals surface area (Å²) in [6.07, 6.45) is 3.45. The molecule has 0 fully saturated rings. The Kier molecular flexibility index (Phi) is 3.10. The van der Waals surface area contributed by atoms with Gasteiger partial charge in [-0.25, -0.2) is 4.98 Å². The molecule has 0 amide bonds. The molecule has 82 valence electrons. The van der Waals surface area contributed by atoms with Gasteiger partial charge in [0.2, 0.25) is 0 Å². The largest absolute Gasteiger partial charge is 0.292 e. The molecule has 0 radical (unpaired) electrons. The van der Waals surface area contributed by atoms with Crippen molar-refractivity contribution in [3.8, 4) is 10.6 Å². The minimum absolute atomic E-state index is 0.00705. The van der Waals surface area contributed by atoms with Crippen LogP contribution in [-0.4, -0.2) is 15.8 Å². The number of thiazole rings is 1. The quantitative estimate of drug-likeness (QED) is 0.764. The maximum Gasteiger partial charge on any atom is 0.184 e. The van der Waals surface area contributed by atoms with Gasteiger partial charge >= 0.3 is 0 Å². The van der Waals surface area contributed by atoms with Gasteiger partial charge in [-0.2, -0.15) is 0 Å². The van der Waals surface area contributed by atoms with Gasteiger partial charge in [-0.1, -0.05) is 13.8 Å². The summed E-state index contributed by atoms with van der Waals surface area (Å²) in [5.41, 5.74) is 1.56. The van der Waals surface area contributed by atoms with Gasteiger partial charge in [0, 0.05) is 29.3 Å². The molecule has 0 bridgehead atoms. The molecule has 2 rings (SSSR count). The zero-order valence-corrected chi connectivity index (χ0v) is 9.99. The molecular formula is C12H12N2OS. The summed E-state index contributed by atoms with van der Waals surface area (Å²) in [6, 6.07) is 3.78. The van der Waals surface area contributed by atoms with Crippen molar-refractivity contribution in [3.63, 3.8) is 0 Å². The summed E-state index contributed by atoms with van der Waals surface area (Å²) in [4.78, 5) is 20.0. The van der Waals surface area contributed by atoms with Crippen molar-refractivity contribution >= 4 is 17.1 Å². The Bertz CT molecular complexity index is 491. The van der Waals surface area contributed by atoms with Crippen molar-refractivity contribution in [2.24, 2.45) is 5.92 Å². The van der Waals surface area contributed by atoms with E-state index in [0.29, 0.717) is 5.69 Å². The number of carbonyl (C=O) groups excluding carboxylic acids is 1. The van der Waals surface area contributed by atoms with Gasteiger partial charge in [0.25, 0.3) is 0 Å². The van der Waals surface area contributed by atoms with E-state index >= 15 is 0 Å². The molecule has 0 atom stereocenters. The summed E-state index contributed by atoms with van der Waals surface area (Å²) in [5.74, 6) is 0.0870. The monoisotopic (exact) mass is 232 g/mol. The first-order chi connectivity index (χ1) is 7.68. The second-order valence-electron chi connectivity index (χ2n) is 3.79. The van der Waals surface area contributed by atoms with Crippen molar-refractivity contribution < 1.29 is 4.79 Å². The third kappa shape index (κ3) is 2.17. The van der Waals surface area contributed by atoms with Crippen LogP contribution in [-0.2, 0) is 0 Å². The molecule has 0 aliphatic heterocycles. The predicted octanol–water partition coefficient (Wildman–Crippen LogP) is 3.04. The maximum atomic E-state index is 11.7. The second-order valence-corrected chi connectivity index (χ2v) is 4.65. The molecule has 0 spiro atoms. The van der Waals surface area contributed by atoms with E-state index in [4.69, 9.17) is 0 Å². The fourth-order valence-corrected chi connectivity index (χ4v) is 2.13. The van der Waals surface area contributed by atoms with Gasteiger partial charge in [0.05, 0.1) is 0 Å². The number of pyridine rings is 1. The van der Waals surface area contributed by atoms with Gasteiger partial charge in [-0.05, 0) is 12.1 Å². The number of hydrogen-bond acceptors (Lipinski definition) is 4. The standard InChI is InChI=1S/C12H12N2OS/c1-8(2)11(15)10-7-16-12(14-10)9-3-5-13-6-4-9/h3-8H,1-2H3. The van der Waals surface area contributed by atoms with Crippen LogP contribution >= 0.6 is 11.3 Å². The molecule has 0 saturated carbocycles. The van der Waals surface area contributed by atoms with E-state index in [2.05, 4.69) is 9.97 Å². The molecule has 0 saturated heterocycles. The van der Waals surface area contributed by atoms with E-state index in [0.717, 1.165) is 10.6 Å². The Hall–Kier alpha value is -1.55. The first kappa shape index (κ1) is 11.0. The maximum absolute atomic E-state index is 11.7. The van der Waals surface area contributed by atoms with Crippen LogP contribution in [0.5, 0.6) is 0 Å². The Labute approximate surface area is 98.2 Å². The topological polar surface area (TPSA) is 42.9 Å². The summed E-state index contributed by atoms with van der Waals surface area (Å²) in [7, 11) is 0. The van der Waals surface area contributed by atoms with E-state index in [1.54, 1.807) is 12.4 Å². The Morgan fingerprint density at radius 1 is 1.31 bits per heavy atom. The van der Waals surface area contributed by atoms with Crippen LogP contribution in [0.25, 0.3) is 10.6 Å². The molecule has 2 aromatic rings. The van der Waals surface area contributed by atoms with Crippen LogP contribution in [0.1, 0.15) is 24.3 Å². The Morgan fingerprint density at radius 2 is 2.00 bits per heavy atom. The van der Waals surface area contributed by atoms with Crippen LogP contribution in [0.3, 0.4) is 0 Å². The lowest BCUT2D eigenvalue weighted by Crippen LogP contribution is -2.07. The number of nitrogens with zero attached hydrogens (tertiary/aromatic N) is 2. The summed E-state index contributed by atoms with van der Waals surface area (Å²) < 4.78 is 0. The molecule has 0 aliphatic carbocycles. The number of ketones is 1. The second kappa shape index (κ2) is 4.53. The molecule has 2 heterocycles. The van der Waals surface area contributed by atoms with Gasteiger partial charge in [-0.3, -0.25) is 9.78 Å². The molecule has 0 N–H and O–H groups in total. The van der Waals surface area contributed by atoms with Crippen LogP contribution in [0, 0.1) is 5.92 Å². The Balaban J connectivity index is 2.30. The molecule has 16 heavy (non-hydrogen) atoms. The van der Waals surface area contributed by atoms with Crippen molar-refractivity contribution in [1.29, 1.82) is 0 Å². The highest BCUT2D eigenvalue weighted by atomic mass is 32.1. The van der Waals surface area contributed by atoms with Gasteiger partial charge in [-0.15, -0.1) is 11.3 Å². The number of hydrogen-bond donors (Lipinski definition) is 0. The van der Waals surface area contributed by atoms with E-state index < -0.39 is 0 Å². The van der Waals surface area contributed by atoms with Crippen LogP contribution < -0.4 is 0 Å². The smallest absolute Gasteiger partial charge is 0.184 e.